The van der Waals surface area contributed by atoms with Crippen molar-refractivity contribution in [2.75, 3.05) is 18.4 Å². The third-order valence-corrected chi connectivity index (χ3v) is 2.95. The Bertz CT molecular complexity index is 535. The van der Waals surface area contributed by atoms with Gasteiger partial charge in [-0.15, -0.1) is 0 Å². The average molecular weight is 262 g/mol. The number of hydrogen-bond donors (Lipinski definition) is 2. The van der Waals surface area contributed by atoms with Gasteiger partial charge in [-0.2, -0.15) is 0 Å². The van der Waals surface area contributed by atoms with E-state index in [-0.39, 0.29) is 24.9 Å². The van der Waals surface area contributed by atoms with Gasteiger partial charge in [-0.25, -0.2) is 0 Å². The van der Waals surface area contributed by atoms with Gasteiger partial charge < -0.3 is 15.3 Å². The molecule has 0 saturated carbocycles. The topological polar surface area (TPSA) is 86.7 Å². The molecule has 2 N–H and O–H groups in total. The molecule has 1 aromatic rings. The lowest BCUT2D eigenvalue weighted by molar-refractivity contribution is -0.146. The van der Waals surface area contributed by atoms with Crippen molar-refractivity contribution < 1.29 is 19.5 Å². The molecule has 19 heavy (non-hydrogen) atoms. The molecule has 1 fully saturated rings. The van der Waals surface area contributed by atoms with Gasteiger partial charge in [0.25, 0.3) is 5.91 Å². The van der Waals surface area contributed by atoms with Crippen LogP contribution in [0.3, 0.4) is 0 Å². The molecule has 0 aromatic heterocycles. The van der Waals surface area contributed by atoms with E-state index in [0.717, 1.165) is 0 Å². The van der Waals surface area contributed by atoms with E-state index < -0.39 is 11.9 Å². The zero-order valence-corrected chi connectivity index (χ0v) is 10.4. The Morgan fingerprint density at radius 2 is 2.00 bits per heavy atom. The number of likely N-dealkylation sites (tertiary alicyclic amines) is 1. The molecule has 0 atom stereocenters. The van der Waals surface area contributed by atoms with Crippen LogP contribution in [-0.4, -0.2) is 40.9 Å². The van der Waals surface area contributed by atoms with E-state index in [1.165, 1.54) is 11.8 Å². The second-order valence-electron chi connectivity index (χ2n) is 4.51. The fraction of sp³-hybridized carbons (Fsp3) is 0.308. The summed E-state index contributed by atoms with van der Waals surface area (Å²) in [5.41, 5.74) is 0.990. The molecule has 1 saturated heterocycles. The minimum atomic E-state index is -0.879. The van der Waals surface area contributed by atoms with E-state index in [9.17, 15) is 14.4 Å². The van der Waals surface area contributed by atoms with Gasteiger partial charge >= 0.3 is 5.97 Å². The number of anilines is 1. The molecule has 0 radical (unpaired) electrons. The monoisotopic (exact) mass is 262 g/mol. The number of carboxylic acid groups (broad SMARTS) is 1. The summed E-state index contributed by atoms with van der Waals surface area (Å²) in [5.74, 6) is -1.78. The molecule has 2 rings (SSSR count). The number of carboxylic acids is 1. The summed E-state index contributed by atoms with van der Waals surface area (Å²) in [6.07, 6.45) is 0. The van der Waals surface area contributed by atoms with Crippen molar-refractivity contribution in [2.45, 2.75) is 6.92 Å². The Morgan fingerprint density at radius 1 is 1.32 bits per heavy atom. The minimum Gasteiger partial charge on any atom is -0.481 e. The zero-order chi connectivity index (χ0) is 14.0. The van der Waals surface area contributed by atoms with E-state index in [4.69, 9.17) is 5.11 Å². The predicted molar refractivity (Wildman–Crippen MR) is 67.8 cm³/mol. The normalized spacial score (nSPS) is 14.7. The first-order chi connectivity index (χ1) is 8.97. The SMILES string of the molecule is CC(=O)Nc1cccc(C(=O)N2CC(C(=O)O)C2)c1. The molecule has 100 valence electrons. The fourth-order valence-electron chi connectivity index (χ4n) is 1.92. The number of hydrogen-bond acceptors (Lipinski definition) is 3. The quantitative estimate of drug-likeness (QED) is 0.843. The van der Waals surface area contributed by atoms with E-state index >= 15 is 0 Å². The van der Waals surface area contributed by atoms with Gasteiger partial charge in [-0.05, 0) is 18.2 Å². The number of carbonyl (C=O) groups is 3. The largest absolute Gasteiger partial charge is 0.481 e. The third kappa shape index (κ3) is 2.90. The average Bonchev–Trinajstić information content (AvgIpc) is 2.25. The van der Waals surface area contributed by atoms with Crippen LogP contribution in [0, 0.1) is 5.92 Å². The molecule has 1 aliphatic rings. The highest BCUT2D eigenvalue weighted by atomic mass is 16.4. The van der Waals surface area contributed by atoms with Crippen LogP contribution in [0.15, 0.2) is 24.3 Å². The van der Waals surface area contributed by atoms with E-state index in [1.807, 2.05) is 0 Å². The van der Waals surface area contributed by atoms with Crippen molar-refractivity contribution in [3.05, 3.63) is 29.8 Å². The Kier molecular flexibility index (Phi) is 3.50. The maximum Gasteiger partial charge on any atom is 0.310 e. The lowest BCUT2D eigenvalue weighted by Crippen LogP contribution is -2.53. The molecule has 6 heteroatoms. The van der Waals surface area contributed by atoms with Crippen LogP contribution in [-0.2, 0) is 9.59 Å². The van der Waals surface area contributed by atoms with E-state index in [0.29, 0.717) is 11.3 Å². The zero-order valence-electron chi connectivity index (χ0n) is 10.4. The van der Waals surface area contributed by atoms with Gasteiger partial charge in [0.05, 0.1) is 5.92 Å². The van der Waals surface area contributed by atoms with Crippen molar-refractivity contribution in [1.29, 1.82) is 0 Å². The van der Waals surface area contributed by atoms with E-state index in [2.05, 4.69) is 5.32 Å². The van der Waals surface area contributed by atoms with Crippen LogP contribution in [0.4, 0.5) is 5.69 Å². The molecule has 0 aliphatic carbocycles. The van der Waals surface area contributed by atoms with Crippen molar-refractivity contribution in [3.63, 3.8) is 0 Å². The Labute approximate surface area is 110 Å². The highest BCUT2D eigenvalue weighted by Crippen LogP contribution is 2.20. The molecular formula is C13H14N2O4. The number of rotatable bonds is 3. The first-order valence-electron chi connectivity index (χ1n) is 5.87. The lowest BCUT2D eigenvalue weighted by Gasteiger charge is -2.36. The Balaban J connectivity index is 2.04. The number of nitrogens with one attached hydrogen (secondary N) is 1. The van der Waals surface area contributed by atoms with Crippen molar-refractivity contribution in [1.82, 2.24) is 4.90 Å². The first kappa shape index (κ1) is 13.1. The summed E-state index contributed by atoms with van der Waals surface area (Å²) in [5, 5.41) is 11.4. The van der Waals surface area contributed by atoms with Gasteiger partial charge in [0.2, 0.25) is 5.91 Å². The first-order valence-corrected chi connectivity index (χ1v) is 5.87. The van der Waals surface area contributed by atoms with Crippen LogP contribution >= 0.6 is 0 Å². The van der Waals surface area contributed by atoms with Crippen molar-refractivity contribution in [3.8, 4) is 0 Å². The van der Waals surface area contributed by atoms with Crippen molar-refractivity contribution in [2.24, 2.45) is 5.92 Å². The minimum absolute atomic E-state index is 0.209. The third-order valence-electron chi connectivity index (χ3n) is 2.95. The maximum absolute atomic E-state index is 12.1. The standard InChI is InChI=1S/C13H14N2O4/c1-8(16)14-11-4-2-3-9(5-11)12(17)15-6-10(7-15)13(18)19/h2-5,10H,6-7H2,1H3,(H,14,16)(H,18,19). The summed E-state index contributed by atoms with van der Waals surface area (Å²) in [6, 6.07) is 6.58. The summed E-state index contributed by atoms with van der Waals surface area (Å²) in [6.45, 7) is 1.86. The number of nitrogens with zero attached hydrogens (tertiary/aromatic N) is 1. The molecule has 6 nitrogen and oxygen atoms in total. The number of benzene rings is 1. The summed E-state index contributed by atoms with van der Waals surface area (Å²) < 4.78 is 0. The van der Waals surface area contributed by atoms with Crippen LogP contribution in [0.5, 0.6) is 0 Å². The smallest absolute Gasteiger partial charge is 0.310 e. The van der Waals surface area contributed by atoms with Gasteiger partial charge in [-0.3, -0.25) is 14.4 Å². The molecule has 1 heterocycles. The molecular weight excluding hydrogens is 248 g/mol. The number of carbonyl (C=O) groups excluding carboxylic acids is 2. The second kappa shape index (κ2) is 5.09. The Morgan fingerprint density at radius 3 is 2.58 bits per heavy atom. The maximum atomic E-state index is 12.1. The van der Waals surface area contributed by atoms with Gasteiger partial charge in [0.1, 0.15) is 0 Å². The van der Waals surface area contributed by atoms with Crippen LogP contribution in [0.1, 0.15) is 17.3 Å². The van der Waals surface area contributed by atoms with Gasteiger partial charge in [0, 0.05) is 31.3 Å². The summed E-state index contributed by atoms with van der Waals surface area (Å²) in [4.78, 5) is 35.1. The lowest BCUT2D eigenvalue weighted by atomic mass is 9.99. The molecule has 0 spiro atoms. The highest BCUT2D eigenvalue weighted by molar-refractivity contribution is 5.97. The molecule has 2 amide bonds. The number of aliphatic carboxylic acids is 1. The molecule has 1 aliphatic heterocycles. The summed E-state index contributed by atoms with van der Waals surface area (Å²) >= 11 is 0. The van der Waals surface area contributed by atoms with Gasteiger partial charge in [-0.1, -0.05) is 6.07 Å². The fourth-order valence-corrected chi connectivity index (χ4v) is 1.92. The van der Waals surface area contributed by atoms with E-state index in [1.54, 1.807) is 24.3 Å². The van der Waals surface area contributed by atoms with Crippen LogP contribution < -0.4 is 5.32 Å². The van der Waals surface area contributed by atoms with Crippen molar-refractivity contribution >= 4 is 23.5 Å². The van der Waals surface area contributed by atoms with Gasteiger partial charge in [0.15, 0.2) is 0 Å². The predicted octanol–water partition coefficient (Wildman–Crippen LogP) is 0.802. The molecule has 0 bridgehead atoms. The van der Waals surface area contributed by atoms with Crippen LogP contribution in [0.2, 0.25) is 0 Å². The molecule has 0 unspecified atom stereocenters. The summed E-state index contributed by atoms with van der Waals surface area (Å²) in [7, 11) is 0. The second-order valence-corrected chi connectivity index (χ2v) is 4.51. The Hall–Kier alpha value is -2.37. The van der Waals surface area contributed by atoms with Crippen LogP contribution in [0.25, 0.3) is 0 Å². The highest BCUT2D eigenvalue weighted by Gasteiger charge is 2.35. The molecule has 1 aromatic carbocycles. The number of amides is 2.